The Balaban J connectivity index is 0.00000176. The van der Waals surface area contributed by atoms with Crippen molar-refractivity contribution in [2.75, 3.05) is 5.73 Å². The number of nitrogens with two attached hydrogens (primary N) is 1. The first-order valence-corrected chi connectivity index (χ1v) is 7.81. The Hall–Kier alpha value is -1.24. The van der Waals surface area contributed by atoms with Gasteiger partial charge in [-0.2, -0.15) is 0 Å². The van der Waals surface area contributed by atoms with Crippen LogP contribution in [0.3, 0.4) is 0 Å². The van der Waals surface area contributed by atoms with Gasteiger partial charge in [-0.15, -0.1) is 23.7 Å². The second-order valence-corrected chi connectivity index (χ2v) is 6.58. The normalized spacial score (nSPS) is 16.5. The molecule has 1 aliphatic rings. The Morgan fingerprint density at radius 1 is 1.27 bits per heavy atom. The number of benzene rings is 1. The van der Waals surface area contributed by atoms with Gasteiger partial charge in [-0.05, 0) is 18.9 Å². The summed E-state index contributed by atoms with van der Waals surface area (Å²) in [5.74, 6) is -1.02. The molecule has 22 heavy (non-hydrogen) atoms. The third-order valence-electron chi connectivity index (χ3n) is 4.08. The molecule has 3 rings (SSSR count). The van der Waals surface area contributed by atoms with E-state index in [1.165, 1.54) is 17.4 Å². The maximum absolute atomic E-state index is 14.2. The molecule has 2 aromatic rings. The first kappa shape index (κ1) is 17.1. The van der Waals surface area contributed by atoms with Crippen molar-refractivity contribution < 1.29 is 8.78 Å². The molecule has 120 valence electrons. The molecule has 0 atom stereocenters. The standard InChI is InChI=1S/C15H17F2N3S.ClH/c16-10-3-4-12(13(17)7-10)15(5-1-2-6-15)20-9-11-8-19-14(18)21-11;/h3-4,7-8,20H,1-2,5-6,9H2,(H2,18,19);1H. The molecular formula is C15H18ClF2N3S. The second-order valence-electron chi connectivity index (χ2n) is 5.43. The third-order valence-corrected chi connectivity index (χ3v) is 4.90. The van der Waals surface area contributed by atoms with Crippen LogP contribution in [-0.2, 0) is 12.1 Å². The van der Waals surface area contributed by atoms with Gasteiger partial charge < -0.3 is 11.1 Å². The lowest BCUT2D eigenvalue weighted by Gasteiger charge is -2.31. The van der Waals surface area contributed by atoms with Crippen LogP contribution in [-0.4, -0.2) is 4.98 Å². The number of anilines is 1. The smallest absolute Gasteiger partial charge is 0.180 e. The molecule has 1 aliphatic carbocycles. The number of hydrogen-bond acceptors (Lipinski definition) is 4. The molecule has 0 spiro atoms. The van der Waals surface area contributed by atoms with Gasteiger partial charge in [0, 0.05) is 34.8 Å². The summed E-state index contributed by atoms with van der Waals surface area (Å²) in [5.41, 5.74) is 5.76. The van der Waals surface area contributed by atoms with Crippen LogP contribution in [0.1, 0.15) is 36.1 Å². The zero-order valence-corrected chi connectivity index (χ0v) is 13.6. The number of rotatable bonds is 4. The molecule has 0 radical (unpaired) electrons. The van der Waals surface area contributed by atoms with Crippen LogP contribution >= 0.6 is 23.7 Å². The lowest BCUT2D eigenvalue weighted by molar-refractivity contribution is 0.326. The van der Waals surface area contributed by atoms with E-state index in [0.29, 0.717) is 17.2 Å². The van der Waals surface area contributed by atoms with Crippen LogP contribution in [0, 0.1) is 11.6 Å². The predicted molar refractivity (Wildman–Crippen MR) is 87.1 cm³/mol. The predicted octanol–water partition coefficient (Wildman–Crippen LogP) is 3.98. The summed E-state index contributed by atoms with van der Waals surface area (Å²) < 4.78 is 27.3. The van der Waals surface area contributed by atoms with Crippen molar-refractivity contribution in [2.45, 2.75) is 37.8 Å². The number of nitrogens with zero attached hydrogens (tertiary/aromatic N) is 1. The summed E-state index contributed by atoms with van der Waals surface area (Å²) in [7, 11) is 0. The molecule has 0 unspecified atom stereocenters. The zero-order chi connectivity index (χ0) is 14.9. The first-order chi connectivity index (χ1) is 10.1. The van der Waals surface area contributed by atoms with Crippen molar-refractivity contribution in [3.05, 3.63) is 46.5 Å². The fourth-order valence-electron chi connectivity index (χ4n) is 3.06. The number of hydrogen-bond donors (Lipinski definition) is 2. The van der Waals surface area contributed by atoms with Crippen molar-refractivity contribution in [3.63, 3.8) is 0 Å². The van der Waals surface area contributed by atoms with E-state index in [-0.39, 0.29) is 12.4 Å². The van der Waals surface area contributed by atoms with E-state index in [9.17, 15) is 8.78 Å². The molecule has 1 saturated carbocycles. The Bertz CT molecular complexity index is 641. The maximum atomic E-state index is 14.2. The zero-order valence-electron chi connectivity index (χ0n) is 11.9. The SMILES string of the molecule is Cl.Nc1ncc(CNC2(c3ccc(F)cc3F)CCCC2)s1. The average Bonchev–Trinajstić information content (AvgIpc) is 3.06. The van der Waals surface area contributed by atoms with E-state index in [1.807, 2.05) is 0 Å². The number of nitrogen functional groups attached to an aromatic ring is 1. The largest absolute Gasteiger partial charge is 0.375 e. The molecule has 0 amide bonds. The molecule has 3 nitrogen and oxygen atoms in total. The van der Waals surface area contributed by atoms with Gasteiger partial charge in [0.25, 0.3) is 0 Å². The van der Waals surface area contributed by atoms with Gasteiger partial charge in [0.05, 0.1) is 0 Å². The molecule has 0 bridgehead atoms. The highest BCUT2D eigenvalue weighted by molar-refractivity contribution is 7.15. The van der Waals surface area contributed by atoms with Crippen LogP contribution in [0.4, 0.5) is 13.9 Å². The van der Waals surface area contributed by atoms with E-state index in [0.717, 1.165) is 36.6 Å². The summed E-state index contributed by atoms with van der Waals surface area (Å²) in [4.78, 5) is 5.03. The van der Waals surface area contributed by atoms with Crippen LogP contribution in [0.5, 0.6) is 0 Å². The van der Waals surface area contributed by atoms with Crippen LogP contribution in [0.15, 0.2) is 24.4 Å². The topological polar surface area (TPSA) is 50.9 Å². The average molecular weight is 346 g/mol. The highest BCUT2D eigenvalue weighted by Gasteiger charge is 2.37. The lowest BCUT2D eigenvalue weighted by atomic mass is 9.87. The summed E-state index contributed by atoms with van der Waals surface area (Å²) in [6, 6.07) is 3.84. The Morgan fingerprint density at radius 2 is 2.00 bits per heavy atom. The molecular weight excluding hydrogens is 328 g/mol. The van der Waals surface area contributed by atoms with Gasteiger partial charge in [-0.1, -0.05) is 18.9 Å². The van der Waals surface area contributed by atoms with Gasteiger partial charge in [0.1, 0.15) is 11.6 Å². The van der Waals surface area contributed by atoms with Gasteiger partial charge in [-0.25, -0.2) is 13.8 Å². The van der Waals surface area contributed by atoms with Crippen LogP contribution in [0.2, 0.25) is 0 Å². The van der Waals surface area contributed by atoms with Crippen LogP contribution in [0.25, 0.3) is 0 Å². The minimum absolute atomic E-state index is 0. The molecule has 1 aromatic carbocycles. The summed E-state index contributed by atoms with van der Waals surface area (Å²) in [5, 5.41) is 3.98. The number of halogens is 3. The maximum Gasteiger partial charge on any atom is 0.180 e. The van der Waals surface area contributed by atoms with Crippen molar-refractivity contribution in [3.8, 4) is 0 Å². The fourth-order valence-corrected chi connectivity index (χ4v) is 3.68. The van der Waals surface area contributed by atoms with E-state index in [4.69, 9.17) is 5.73 Å². The molecule has 1 fully saturated rings. The van der Waals surface area contributed by atoms with Crippen molar-refractivity contribution in [2.24, 2.45) is 0 Å². The van der Waals surface area contributed by atoms with E-state index >= 15 is 0 Å². The summed E-state index contributed by atoms with van der Waals surface area (Å²) >= 11 is 1.42. The molecule has 1 aromatic heterocycles. The molecule has 0 saturated heterocycles. The molecule has 1 heterocycles. The first-order valence-electron chi connectivity index (χ1n) is 7.00. The quantitative estimate of drug-likeness (QED) is 0.881. The minimum atomic E-state index is -0.542. The third kappa shape index (κ3) is 3.39. The Morgan fingerprint density at radius 3 is 2.59 bits per heavy atom. The Labute approximate surface area is 138 Å². The van der Waals surface area contributed by atoms with Gasteiger partial charge in [0.2, 0.25) is 0 Å². The van der Waals surface area contributed by atoms with Crippen molar-refractivity contribution in [1.82, 2.24) is 10.3 Å². The Kier molecular flexibility index (Phi) is 5.36. The highest BCUT2D eigenvalue weighted by atomic mass is 35.5. The highest BCUT2D eigenvalue weighted by Crippen LogP contribution is 2.40. The lowest BCUT2D eigenvalue weighted by Crippen LogP contribution is -2.40. The fraction of sp³-hybridized carbons (Fsp3) is 0.400. The van der Waals surface area contributed by atoms with Crippen molar-refractivity contribution >= 4 is 28.9 Å². The second kappa shape index (κ2) is 6.89. The van der Waals surface area contributed by atoms with Gasteiger partial charge in [-0.3, -0.25) is 0 Å². The van der Waals surface area contributed by atoms with Gasteiger partial charge in [0.15, 0.2) is 5.13 Å². The minimum Gasteiger partial charge on any atom is -0.375 e. The van der Waals surface area contributed by atoms with E-state index < -0.39 is 17.2 Å². The molecule has 0 aliphatic heterocycles. The van der Waals surface area contributed by atoms with E-state index in [1.54, 1.807) is 12.3 Å². The number of aromatic nitrogens is 1. The van der Waals surface area contributed by atoms with Crippen molar-refractivity contribution in [1.29, 1.82) is 0 Å². The molecule has 7 heteroatoms. The number of thiazole rings is 1. The van der Waals surface area contributed by atoms with E-state index in [2.05, 4.69) is 10.3 Å². The van der Waals surface area contributed by atoms with Gasteiger partial charge >= 0.3 is 0 Å². The summed E-state index contributed by atoms with van der Waals surface area (Å²) in [6.07, 6.45) is 5.51. The monoisotopic (exact) mass is 345 g/mol. The number of nitrogens with one attached hydrogen (secondary N) is 1. The molecule has 3 N–H and O–H groups in total. The summed E-state index contributed by atoms with van der Waals surface area (Å²) in [6.45, 7) is 0.589. The van der Waals surface area contributed by atoms with Crippen LogP contribution < -0.4 is 11.1 Å².